The molecular weight excluding hydrogens is 391 g/mol. The fourth-order valence-electron chi connectivity index (χ4n) is 4.15. The monoisotopic (exact) mass is 416 g/mol. The van der Waals surface area contributed by atoms with Crippen LogP contribution in [0.4, 0.5) is 4.39 Å². The third-order valence-corrected chi connectivity index (χ3v) is 6.09. The van der Waals surface area contributed by atoms with Crippen molar-refractivity contribution in [2.24, 2.45) is 0 Å². The van der Waals surface area contributed by atoms with Crippen LogP contribution in [0.15, 0.2) is 54.6 Å². The van der Waals surface area contributed by atoms with Crippen molar-refractivity contribution in [1.82, 2.24) is 0 Å². The molecule has 152 valence electrons. The van der Waals surface area contributed by atoms with Crippen molar-refractivity contribution in [3.8, 4) is 23.0 Å². The highest BCUT2D eigenvalue weighted by atomic mass is 35.5. The van der Waals surface area contributed by atoms with E-state index in [-0.39, 0.29) is 5.02 Å². The molecule has 0 heterocycles. The molecule has 1 aliphatic carbocycles. The summed E-state index contributed by atoms with van der Waals surface area (Å²) in [5.41, 5.74) is 8.42. The number of benzene rings is 3. The maximum absolute atomic E-state index is 13.6. The van der Waals surface area contributed by atoms with Gasteiger partial charge in [-0.25, -0.2) is 4.39 Å². The van der Waals surface area contributed by atoms with E-state index in [9.17, 15) is 4.39 Å². The number of rotatable bonds is 6. The molecular formula is C28H26ClF. The van der Waals surface area contributed by atoms with E-state index in [2.05, 4.69) is 55.2 Å². The van der Waals surface area contributed by atoms with E-state index in [0.717, 1.165) is 12.0 Å². The molecule has 4 rings (SSSR count). The predicted octanol–water partition coefficient (Wildman–Crippen LogP) is 7.96. The number of aryl methyl sites for hydroxylation is 1. The topological polar surface area (TPSA) is 0 Å². The maximum atomic E-state index is 13.6. The number of fused-ring (bicyclic) bond motifs is 3. The van der Waals surface area contributed by atoms with Gasteiger partial charge in [0, 0.05) is 11.1 Å². The Morgan fingerprint density at radius 3 is 2.23 bits per heavy atom. The van der Waals surface area contributed by atoms with Gasteiger partial charge >= 0.3 is 0 Å². The quantitative estimate of drug-likeness (QED) is 0.221. The average Bonchev–Trinajstić information content (AvgIpc) is 3.11. The average molecular weight is 417 g/mol. The lowest BCUT2D eigenvalue weighted by Crippen LogP contribution is -1.89. The van der Waals surface area contributed by atoms with Crippen LogP contribution in [0.1, 0.15) is 66.8 Å². The molecule has 0 bridgehead atoms. The number of hydrogen-bond acceptors (Lipinski definition) is 0. The zero-order valence-corrected chi connectivity index (χ0v) is 18.2. The normalized spacial score (nSPS) is 11.6. The predicted molar refractivity (Wildman–Crippen MR) is 125 cm³/mol. The summed E-state index contributed by atoms with van der Waals surface area (Å²) < 4.78 is 13.6. The summed E-state index contributed by atoms with van der Waals surface area (Å²) in [4.78, 5) is 0. The third kappa shape index (κ3) is 4.77. The number of halogens is 2. The van der Waals surface area contributed by atoms with Crippen LogP contribution in [0.3, 0.4) is 0 Å². The Morgan fingerprint density at radius 2 is 1.47 bits per heavy atom. The molecule has 0 saturated carbocycles. The van der Waals surface area contributed by atoms with E-state index >= 15 is 0 Å². The van der Waals surface area contributed by atoms with Crippen LogP contribution in [0.5, 0.6) is 0 Å². The smallest absolute Gasteiger partial charge is 0.143 e. The molecule has 0 N–H and O–H groups in total. The third-order valence-electron chi connectivity index (χ3n) is 5.79. The van der Waals surface area contributed by atoms with E-state index in [1.165, 1.54) is 72.4 Å². The molecule has 0 fully saturated rings. The second-order valence-corrected chi connectivity index (χ2v) is 8.49. The Balaban J connectivity index is 1.46. The first-order valence-electron chi connectivity index (χ1n) is 10.9. The summed E-state index contributed by atoms with van der Waals surface area (Å²) in [7, 11) is 0. The first-order chi connectivity index (χ1) is 14.6. The Kier molecular flexibility index (Phi) is 6.56. The maximum Gasteiger partial charge on any atom is 0.143 e. The molecule has 0 nitrogen and oxygen atoms in total. The second kappa shape index (κ2) is 9.50. The highest BCUT2D eigenvalue weighted by molar-refractivity contribution is 6.30. The Labute approximate surface area is 184 Å². The van der Waals surface area contributed by atoms with E-state index in [1.54, 1.807) is 12.1 Å². The van der Waals surface area contributed by atoms with Crippen LogP contribution in [0.2, 0.25) is 5.02 Å². The molecule has 0 radical (unpaired) electrons. The minimum absolute atomic E-state index is 0.121. The van der Waals surface area contributed by atoms with Gasteiger partial charge in [-0.3, -0.25) is 0 Å². The lowest BCUT2D eigenvalue weighted by atomic mass is 9.99. The highest BCUT2D eigenvalue weighted by Gasteiger charge is 2.18. The molecule has 0 aromatic heterocycles. The van der Waals surface area contributed by atoms with E-state index in [0.29, 0.717) is 5.56 Å². The van der Waals surface area contributed by atoms with Gasteiger partial charge in [0.2, 0.25) is 0 Å². The molecule has 30 heavy (non-hydrogen) atoms. The van der Waals surface area contributed by atoms with Crippen LogP contribution in [-0.4, -0.2) is 0 Å². The van der Waals surface area contributed by atoms with Gasteiger partial charge in [0.15, 0.2) is 0 Å². The summed E-state index contributed by atoms with van der Waals surface area (Å²) in [6, 6.07) is 18.0. The molecule has 0 unspecified atom stereocenters. The number of unbranched alkanes of at least 4 members (excludes halogenated alkanes) is 4. The molecule has 0 amide bonds. The van der Waals surface area contributed by atoms with Gasteiger partial charge in [0.25, 0.3) is 0 Å². The largest absolute Gasteiger partial charge is 0.205 e. The fourth-order valence-corrected chi connectivity index (χ4v) is 4.27. The summed E-state index contributed by atoms with van der Waals surface area (Å²) in [5, 5.41) is 0.121. The molecule has 0 spiro atoms. The van der Waals surface area contributed by atoms with Gasteiger partial charge in [0.05, 0.1) is 5.02 Å². The van der Waals surface area contributed by atoms with Gasteiger partial charge in [-0.2, -0.15) is 0 Å². The van der Waals surface area contributed by atoms with E-state index in [4.69, 9.17) is 11.6 Å². The molecule has 0 saturated heterocycles. The van der Waals surface area contributed by atoms with Crippen LogP contribution in [0.25, 0.3) is 11.1 Å². The Bertz CT molecular complexity index is 1120. The molecule has 3 aromatic carbocycles. The van der Waals surface area contributed by atoms with Crippen LogP contribution in [-0.2, 0) is 12.8 Å². The highest BCUT2D eigenvalue weighted by Crippen LogP contribution is 2.37. The van der Waals surface area contributed by atoms with Crippen molar-refractivity contribution >= 4 is 11.6 Å². The molecule has 0 aliphatic heterocycles. The van der Waals surface area contributed by atoms with Gasteiger partial charge in [-0.1, -0.05) is 80.3 Å². The SMILES string of the molecule is CCCCCCCc1ccc2c(c1)Cc1cc(C#Cc3ccc(Cl)c(F)c3)ccc1-2. The van der Waals surface area contributed by atoms with Crippen molar-refractivity contribution in [1.29, 1.82) is 0 Å². The first-order valence-corrected chi connectivity index (χ1v) is 11.2. The van der Waals surface area contributed by atoms with Crippen LogP contribution in [0, 0.1) is 17.7 Å². The summed E-state index contributed by atoms with van der Waals surface area (Å²) in [5.74, 6) is 5.76. The molecule has 1 aliphatic rings. The van der Waals surface area contributed by atoms with E-state index < -0.39 is 5.82 Å². The Morgan fingerprint density at radius 1 is 0.800 bits per heavy atom. The zero-order chi connectivity index (χ0) is 20.9. The first kappa shape index (κ1) is 20.7. The lowest BCUT2D eigenvalue weighted by Gasteiger charge is -2.06. The fraction of sp³-hybridized carbons (Fsp3) is 0.286. The van der Waals surface area contributed by atoms with E-state index in [1.807, 2.05) is 0 Å². The lowest BCUT2D eigenvalue weighted by molar-refractivity contribution is 0.628. The van der Waals surface area contributed by atoms with Gasteiger partial charge in [-0.05, 0) is 77.4 Å². The van der Waals surface area contributed by atoms with Gasteiger partial charge in [-0.15, -0.1) is 0 Å². The summed E-state index contributed by atoms with van der Waals surface area (Å²) in [6.45, 7) is 2.26. The minimum Gasteiger partial charge on any atom is -0.205 e. The van der Waals surface area contributed by atoms with Crippen LogP contribution >= 0.6 is 11.6 Å². The van der Waals surface area contributed by atoms with Crippen molar-refractivity contribution in [3.63, 3.8) is 0 Å². The molecule has 2 heteroatoms. The zero-order valence-electron chi connectivity index (χ0n) is 17.4. The molecule has 0 atom stereocenters. The van der Waals surface area contributed by atoms with Crippen LogP contribution < -0.4 is 0 Å². The Hall–Kier alpha value is -2.56. The number of hydrogen-bond donors (Lipinski definition) is 0. The van der Waals surface area contributed by atoms with Crippen molar-refractivity contribution in [2.45, 2.75) is 51.9 Å². The van der Waals surface area contributed by atoms with Gasteiger partial charge < -0.3 is 0 Å². The van der Waals surface area contributed by atoms with Crippen molar-refractivity contribution in [2.75, 3.05) is 0 Å². The summed E-state index contributed by atoms with van der Waals surface area (Å²) >= 11 is 5.74. The molecule has 3 aromatic rings. The standard InChI is InChI=1S/C28H26ClF/c1-2-3-4-5-6-7-20-10-13-25-23(16-20)19-24-17-21(11-14-26(24)25)8-9-22-12-15-27(29)28(30)18-22/h10-18H,2-7,19H2,1H3. The van der Waals surface area contributed by atoms with Gasteiger partial charge in [0.1, 0.15) is 5.82 Å². The second-order valence-electron chi connectivity index (χ2n) is 8.08. The van der Waals surface area contributed by atoms with Crippen molar-refractivity contribution < 1.29 is 4.39 Å². The summed E-state index contributed by atoms with van der Waals surface area (Å²) in [6.07, 6.45) is 8.71. The minimum atomic E-state index is -0.436. The van der Waals surface area contributed by atoms with Crippen molar-refractivity contribution in [3.05, 3.63) is 93.3 Å².